The highest BCUT2D eigenvalue weighted by molar-refractivity contribution is 6.30. The molecule has 1 aliphatic heterocycles. The molecule has 1 aromatic heterocycles. The number of aryl methyl sites for hydroxylation is 1. The number of H-pyrrole nitrogens is 1. The first-order valence-electron chi connectivity index (χ1n) is 9.63. The molecule has 1 aromatic carbocycles. The second kappa shape index (κ2) is 9.39. The van der Waals surface area contributed by atoms with Gasteiger partial charge in [0.05, 0.1) is 0 Å². The summed E-state index contributed by atoms with van der Waals surface area (Å²) in [7, 11) is 0. The summed E-state index contributed by atoms with van der Waals surface area (Å²) in [6, 6.07) is 8.06. The number of rotatable bonds is 9. The molecule has 0 radical (unpaired) electrons. The summed E-state index contributed by atoms with van der Waals surface area (Å²) in [5.41, 5.74) is 7.00. The first-order chi connectivity index (χ1) is 13.1. The van der Waals surface area contributed by atoms with E-state index in [0.717, 1.165) is 69.1 Å². The summed E-state index contributed by atoms with van der Waals surface area (Å²) in [4.78, 5) is 6.42. The van der Waals surface area contributed by atoms with Crippen molar-refractivity contribution >= 4 is 23.5 Å². The van der Waals surface area contributed by atoms with Crippen molar-refractivity contribution in [2.45, 2.75) is 44.1 Å². The third-order valence-electron chi connectivity index (χ3n) is 5.38. The van der Waals surface area contributed by atoms with Crippen molar-refractivity contribution in [3.05, 3.63) is 34.9 Å². The van der Waals surface area contributed by atoms with Gasteiger partial charge in [-0.1, -0.05) is 23.7 Å². The van der Waals surface area contributed by atoms with E-state index in [9.17, 15) is 5.11 Å². The van der Waals surface area contributed by atoms with E-state index in [4.69, 9.17) is 17.3 Å². The van der Waals surface area contributed by atoms with Crippen LogP contribution < -0.4 is 16.0 Å². The average Bonchev–Trinajstić information content (AvgIpc) is 3.12. The predicted molar refractivity (Wildman–Crippen MR) is 109 cm³/mol. The van der Waals surface area contributed by atoms with Gasteiger partial charge in [-0.15, -0.1) is 5.10 Å². The number of hydrogen-bond donors (Lipinski definition) is 4. The van der Waals surface area contributed by atoms with E-state index in [1.54, 1.807) is 0 Å². The van der Waals surface area contributed by atoms with Crippen molar-refractivity contribution < 1.29 is 5.11 Å². The molecule has 1 fully saturated rings. The van der Waals surface area contributed by atoms with E-state index in [-0.39, 0.29) is 18.1 Å². The maximum atomic E-state index is 9.30. The minimum Gasteiger partial charge on any atom is -0.396 e. The normalized spacial score (nSPS) is 16.6. The Hall–Kier alpha value is -1.83. The highest BCUT2D eigenvalue weighted by Crippen LogP contribution is 2.29. The molecule has 1 saturated heterocycles. The number of aliphatic hydroxyl groups excluding tert-OH is 1. The number of benzene rings is 1. The van der Waals surface area contributed by atoms with Crippen molar-refractivity contribution in [1.82, 2.24) is 20.5 Å². The molecule has 148 valence electrons. The SMILES string of the molecule is Nc1n[nH]c(N2CCC(CCCO)(NCCCc3ccc(Cl)cc3)CC2)n1. The third-order valence-corrected chi connectivity index (χ3v) is 5.63. The zero-order valence-corrected chi connectivity index (χ0v) is 16.4. The van der Waals surface area contributed by atoms with Crippen LogP contribution in [-0.4, -0.2) is 52.1 Å². The van der Waals surface area contributed by atoms with Crippen LogP contribution in [0.15, 0.2) is 24.3 Å². The molecule has 5 N–H and O–H groups in total. The van der Waals surface area contributed by atoms with Crippen LogP contribution in [0, 0.1) is 0 Å². The minimum atomic E-state index is 0.0742. The van der Waals surface area contributed by atoms with E-state index in [1.165, 1.54) is 5.56 Å². The molecule has 27 heavy (non-hydrogen) atoms. The lowest BCUT2D eigenvalue weighted by Crippen LogP contribution is -2.54. The molecule has 0 atom stereocenters. The fourth-order valence-corrected chi connectivity index (χ4v) is 3.91. The Morgan fingerprint density at radius 2 is 1.96 bits per heavy atom. The van der Waals surface area contributed by atoms with Gasteiger partial charge in [-0.05, 0) is 62.8 Å². The lowest BCUT2D eigenvalue weighted by molar-refractivity contribution is 0.204. The van der Waals surface area contributed by atoms with Crippen molar-refractivity contribution in [3.8, 4) is 0 Å². The number of nitrogen functional groups attached to an aromatic ring is 1. The molecule has 1 aliphatic rings. The standard InChI is InChI=1S/C19H29ClN6O/c20-16-6-4-15(5-7-16)3-1-11-22-19(8-2-14-27)9-12-26(13-10-19)18-23-17(21)24-25-18/h4-7,22,27H,1-3,8-14H2,(H3,21,23,24,25). The van der Waals surface area contributed by atoms with Gasteiger partial charge in [-0.2, -0.15) is 4.98 Å². The number of nitrogens with two attached hydrogens (primary N) is 1. The van der Waals surface area contributed by atoms with Gasteiger partial charge in [0, 0.05) is 30.3 Å². The maximum absolute atomic E-state index is 9.30. The van der Waals surface area contributed by atoms with Crippen molar-refractivity contribution in [1.29, 1.82) is 0 Å². The number of aromatic nitrogens is 3. The van der Waals surface area contributed by atoms with Crippen molar-refractivity contribution in [2.75, 3.05) is 36.9 Å². The number of aliphatic hydroxyl groups is 1. The van der Waals surface area contributed by atoms with Gasteiger partial charge in [-0.3, -0.25) is 0 Å². The fraction of sp³-hybridized carbons (Fsp3) is 0.579. The zero-order chi connectivity index (χ0) is 19.1. The number of halogens is 1. The Balaban J connectivity index is 1.50. The molecule has 3 rings (SSSR count). The second-order valence-electron chi connectivity index (χ2n) is 7.27. The molecule has 7 nitrogen and oxygen atoms in total. The lowest BCUT2D eigenvalue weighted by Gasteiger charge is -2.42. The molecule has 0 bridgehead atoms. The number of anilines is 2. The lowest BCUT2D eigenvalue weighted by atomic mass is 9.83. The van der Waals surface area contributed by atoms with E-state index >= 15 is 0 Å². The first-order valence-corrected chi connectivity index (χ1v) is 10.0. The largest absolute Gasteiger partial charge is 0.396 e. The summed E-state index contributed by atoms with van der Waals surface area (Å²) in [5.74, 6) is 1.02. The summed E-state index contributed by atoms with van der Waals surface area (Å²) in [6.45, 7) is 2.98. The molecule has 2 heterocycles. The van der Waals surface area contributed by atoms with Gasteiger partial charge < -0.3 is 21.1 Å². The van der Waals surface area contributed by atoms with E-state index in [2.05, 4.69) is 37.5 Å². The Bertz CT molecular complexity index is 696. The molecule has 0 aliphatic carbocycles. The van der Waals surface area contributed by atoms with Gasteiger partial charge in [0.15, 0.2) is 0 Å². The second-order valence-corrected chi connectivity index (χ2v) is 7.70. The Labute approximate surface area is 165 Å². The highest BCUT2D eigenvalue weighted by Gasteiger charge is 2.34. The van der Waals surface area contributed by atoms with Crippen LogP contribution >= 0.6 is 11.6 Å². The molecular weight excluding hydrogens is 364 g/mol. The highest BCUT2D eigenvalue weighted by atomic mass is 35.5. The quantitative estimate of drug-likeness (QED) is 0.488. The Kier molecular flexibility index (Phi) is 6.93. The van der Waals surface area contributed by atoms with Crippen LogP contribution in [0.3, 0.4) is 0 Å². The number of nitrogens with one attached hydrogen (secondary N) is 2. The first kappa shape index (κ1) is 19.9. The average molecular weight is 393 g/mol. The van der Waals surface area contributed by atoms with Crippen LogP contribution in [0.25, 0.3) is 0 Å². The smallest absolute Gasteiger partial charge is 0.241 e. The predicted octanol–water partition coefficient (Wildman–Crippen LogP) is 2.37. The topological polar surface area (TPSA) is 103 Å². The third kappa shape index (κ3) is 5.57. The molecular formula is C19H29ClN6O. The molecule has 0 saturated carbocycles. The van der Waals surface area contributed by atoms with Crippen LogP contribution in [-0.2, 0) is 6.42 Å². The number of hydrogen-bond acceptors (Lipinski definition) is 6. The van der Waals surface area contributed by atoms with E-state index in [0.29, 0.717) is 0 Å². The molecule has 0 amide bonds. The molecule has 2 aromatic rings. The summed E-state index contributed by atoms with van der Waals surface area (Å²) in [6.07, 6.45) is 5.92. The minimum absolute atomic E-state index is 0.0742. The van der Waals surface area contributed by atoms with Crippen molar-refractivity contribution in [2.24, 2.45) is 0 Å². The van der Waals surface area contributed by atoms with Gasteiger partial charge in [-0.25, -0.2) is 5.10 Å². The zero-order valence-electron chi connectivity index (χ0n) is 15.6. The van der Waals surface area contributed by atoms with Gasteiger partial charge in [0.25, 0.3) is 0 Å². The Morgan fingerprint density at radius 3 is 2.59 bits per heavy atom. The van der Waals surface area contributed by atoms with E-state index < -0.39 is 0 Å². The number of nitrogens with zero attached hydrogens (tertiary/aromatic N) is 3. The summed E-state index contributed by atoms with van der Waals surface area (Å²) < 4.78 is 0. The van der Waals surface area contributed by atoms with Crippen LogP contribution in [0.5, 0.6) is 0 Å². The van der Waals surface area contributed by atoms with Gasteiger partial charge >= 0.3 is 0 Å². The van der Waals surface area contributed by atoms with Gasteiger partial charge in [0.1, 0.15) is 0 Å². The van der Waals surface area contributed by atoms with Crippen LogP contribution in [0.1, 0.15) is 37.7 Å². The summed E-state index contributed by atoms with van der Waals surface area (Å²) in [5, 5.41) is 20.7. The molecule has 0 unspecified atom stereocenters. The number of aromatic amines is 1. The van der Waals surface area contributed by atoms with Gasteiger partial charge in [0.2, 0.25) is 11.9 Å². The van der Waals surface area contributed by atoms with Crippen LogP contribution in [0.4, 0.5) is 11.9 Å². The monoisotopic (exact) mass is 392 g/mol. The fourth-order valence-electron chi connectivity index (χ4n) is 3.78. The van der Waals surface area contributed by atoms with Crippen LogP contribution in [0.2, 0.25) is 5.02 Å². The summed E-state index contributed by atoms with van der Waals surface area (Å²) >= 11 is 5.94. The number of piperidine rings is 1. The van der Waals surface area contributed by atoms with Crippen molar-refractivity contribution in [3.63, 3.8) is 0 Å². The molecule has 0 spiro atoms. The molecule has 8 heteroatoms. The Morgan fingerprint density at radius 1 is 1.22 bits per heavy atom. The maximum Gasteiger partial charge on any atom is 0.241 e. The van der Waals surface area contributed by atoms with E-state index in [1.807, 2.05) is 12.1 Å².